The number of halogens is 1. The zero-order valence-electron chi connectivity index (χ0n) is 15.8. The first-order valence-corrected chi connectivity index (χ1v) is 10.6. The number of carbonyl (C=O) groups is 1. The molecule has 3 atom stereocenters. The van der Waals surface area contributed by atoms with E-state index < -0.39 is 6.10 Å². The van der Waals surface area contributed by atoms with E-state index in [1.807, 2.05) is 24.3 Å². The fourth-order valence-electron chi connectivity index (χ4n) is 4.07. The normalized spacial score (nSPS) is 23.7. The molecule has 3 aromatic rings. The molecule has 0 bridgehead atoms. The molecule has 3 unspecified atom stereocenters. The summed E-state index contributed by atoms with van der Waals surface area (Å²) in [5.41, 5.74) is 4.27. The van der Waals surface area contributed by atoms with Crippen molar-refractivity contribution in [2.24, 2.45) is 0 Å². The highest BCUT2D eigenvalue weighted by atomic mass is 35.5. The van der Waals surface area contributed by atoms with Gasteiger partial charge in [0.2, 0.25) is 0 Å². The quantitative estimate of drug-likeness (QED) is 0.562. The van der Waals surface area contributed by atoms with Crippen LogP contribution in [0.15, 0.2) is 30.3 Å². The van der Waals surface area contributed by atoms with Crippen molar-refractivity contribution < 1.29 is 14.3 Å². The molecule has 5 rings (SSSR count). The summed E-state index contributed by atoms with van der Waals surface area (Å²) in [7, 11) is 0. The SMILES string of the molecule is Cc1c(C2OC(C)Cc3cc4c(cc32)OC(C)C(=O)N4)sc2cc(Cl)ccc12. The van der Waals surface area contributed by atoms with Gasteiger partial charge in [-0.25, -0.2) is 0 Å². The number of nitrogens with one attached hydrogen (secondary N) is 1. The first-order chi connectivity index (χ1) is 13.4. The predicted octanol–water partition coefficient (Wildman–Crippen LogP) is 5.63. The van der Waals surface area contributed by atoms with Crippen LogP contribution in [0.5, 0.6) is 5.75 Å². The lowest BCUT2D eigenvalue weighted by Gasteiger charge is -2.33. The standard InChI is InChI=1S/C22H20ClNO3S/c1-10-6-13-7-17-18(27-12(3)22(25)24-17)9-16(13)20(26-10)21-11(2)15-5-4-14(23)8-19(15)28-21/h4-5,7-10,12,20H,6H2,1-3H3,(H,24,25). The van der Waals surface area contributed by atoms with Gasteiger partial charge in [-0.1, -0.05) is 17.7 Å². The molecule has 0 saturated heterocycles. The highest BCUT2D eigenvalue weighted by Gasteiger charge is 2.33. The second kappa shape index (κ2) is 6.48. The van der Waals surface area contributed by atoms with E-state index in [4.69, 9.17) is 21.1 Å². The Balaban J connectivity index is 1.66. The van der Waals surface area contributed by atoms with Crippen LogP contribution in [0.2, 0.25) is 5.02 Å². The first-order valence-electron chi connectivity index (χ1n) is 9.39. The topological polar surface area (TPSA) is 47.6 Å². The van der Waals surface area contributed by atoms with Crippen LogP contribution in [0.25, 0.3) is 10.1 Å². The number of ether oxygens (including phenoxy) is 2. The van der Waals surface area contributed by atoms with E-state index in [-0.39, 0.29) is 18.1 Å². The molecule has 1 N–H and O–H groups in total. The number of fused-ring (bicyclic) bond motifs is 3. The summed E-state index contributed by atoms with van der Waals surface area (Å²) in [5.74, 6) is 0.595. The Morgan fingerprint density at radius 1 is 1.21 bits per heavy atom. The number of thiophene rings is 1. The molecule has 1 aromatic heterocycles. The lowest BCUT2D eigenvalue weighted by atomic mass is 9.91. The Labute approximate surface area is 172 Å². The molecule has 2 aliphatic rings. The van der Waals surface area contributed by atoms with Crippen LogP contribution < -0.4 is 10.1 Å². The second-order valence-corrected chi connectivity index (χ2v) is 9.08. The summed E-state index contributed by atoms with van der Waals surface area (Å²) in [6.07, 6.45) is 0.237. The van der Waals surface area contributed by atoms with Crippen molar-refractivity contribution in [1.82, 2.24) is 0 Å². The Morgan fingerprint density at radius 3 is 2.86 bits per heavy atom. The van der Waals surface area contributed by atoms with Gasteiger partial charge >= 0.3 is 0 Å². The average Bonchev–Trinajstić information content (AvgIpc) is 2.96. The molecular formula is C22H20ClNO3S. The minimum Gasteiger partial charge on any atom is -0.479 e. The molecule has 4 nitrogen and oxygen atoms in total. The van der Waals surface area contributed by atoms with Crippen molar-refractivity contribution in [3.63, 3.8) is 0 Å². The number of anilines is 1. The van der Waals surface area contributed by atoms with Crippen molar-refractivity contribution >= 4 is 44.6 Å². The largest absolute Gasteiger partial charge is 0.479 e. The molecule has 3 heterocycles. The van der Waals surface area contributed by atoms with Gasteiger partial charge in [0, 0.05) is 14.6 Å². The number of amides is 1. The van der Waals surface area contributed by atoms with Gasteiger partial charge in [-0.2, -0.15) is 0 Å². The Kier molecular flexibility index (Phi) is 4.16. The van der Waals surface area contributed by atoms with Crippen molar-refractivity contribution in [1.29, 1.82) is 0 Å². The lowest BCUT2D eigenvalue weighted by molar-refractivity contribution is -0.122. The number of benzene rings is 2. The zero-order valence-corrected chi connectivity index (χ0v) is 17.4. The molecule has 0 radical (unpaired) electrons. The lowest BCUT2D eigenvalue weighted by Crippen LogP contribution is -2.35. The highest BCUT2D eigenvalue weighted by Crippen LogP contribution is 2.46. The van der Waals surface area contributed by atoms with E-state index in [0.717, 1.165) is 22.7 Å². The summed E-state index contributed by atoms with van der Waals surface area (Å²) in [6, 6.07) is 10.1. The zero-order chi connectivity index (χ0) is 19.6. The van der Waals surface area contributed by atoms with Gasteiger partial charge in [0.1, 0.15) is 11.9 Å². The molecule has 1 amide bonds. The number of carbonyl (C=O) groups excluding carboxylic acids is 1. The monoisotopic (exact) mass is 413 g/mol. The van der Waals surface area contributed by atoms with Crippen LogP contribution in [0.1, 0.15) is 41.5 Å². The number of hydrogen-bond donors (Lipinski definition) is 1. The van der Waals surface area contributed by atoms with Gasteiger partial charge in [0.25, 0.3) is 5.91 Å². The van der Waals surface area contributed by atoms with Gasteiger partial charge < -0.3 is 14.8 Å². The Bertz CT molecular complexity index is 1120. The molecule has 6 heteroatoms. The third-order valence-corrected chi connectivity index (χ3v) is 7.04. The van der Waals surface area contributed by atoms with Crippen molar-refractivity contribution in [3.05, 3.63) is 56.9 Å². The number of hydrogen-bond acceptors (Lipinski definition) is 4. The third kappa shape index (κ3) is 2.81. The van der Waals surface area contributed by atoms with E-state index in [1.54, 1.807) is 18.3 Å². The molecule has 2 aliphatic heterocycles. The Morgan fingerprint density at radius 2 is 2.04 bits per heavy atom. The van der Waals surface area contributed by atoms with Gasteiger partial charge in [0.15, 0.2) is 6.10 Å². The minimum atomic E-state index is -0.499. The first kappa shape index (κ1) is 18.0. The van der Waals surface area contributed by atoms with E-state index in [2.05, 4.69) is 25.2 Å². The number of aryl methyl sites for hydroxylation is 1. The molecule has 0 fully saturated rings. The number of rotatable bonds is 1. The van der Waals surface area contributed by atoms with Crippen molar-refractivity contribution in [3.8, 4) is 5.75 Å². The molecule has 0 aliphatic carbocycles. The fraction of sp³-hybridized carbons (Fsp3) is 0.318. The average molecular weight is 414 g/mol. The van der Waals surface area contributed by atoms with Gasteiger partial charge in [-0.05, 0) is 73.5 Å². The van der Waals surface area contributed by atoms with Crippen LogP contribution in [0, 0.1) is 6.92 Å². The predicted molar refractivity (Wildman–Crippen MR) is 113 cm³/mol. The van der Waals surface area contributed by atoms with Crippen LogP contribution >= 0.6 is 22.9 Å². The maximum atomic E-state index is 12.0. The van der Waals surface area contributed by atoms with Gasteiger partial charge in [-0.15, -0.1) is 11.3 Å². The highest BCUT2D eigenvalue weighted by molar-refractivity contribution is 7.19. The molecule has 2 aromatic carbocycles. The maximum absolute atomic E-state index is 12.0. The fourth-order valence-corrected chi connectivity index (χ4v) is 5.61. The van der Waals surface area contributed by atoms with E-state index in [1.165, 1.54) is 26.1 Å². The molecule has 28 heavy (non-hydrogen) atoms. The minimum absolute atomic E-state index is 0.0860. The second-order valence-electron chi connectivity index (χ2n) is 7.56. The summed E-state index contributed by atoms with van der Waals surface area (Å²) in [6.45, 7) is 5.99. The summed E-state index contributed by atoms with van der Waals surface area (Å²) < 4.78 is 13.4. The maximum Gasteiger partial charge on any atom is 0.265 e. The van der Waals surface area contributed by atoms with Gasteiger partial charge in [-0.3, -0.25) is 4.79 Å². The van der Waals surface area contributed by atoms with Crippen LogP contribution in [-0.4, -0.2) is 18.1 Å². The molecular weight excluding hydrogens is 394 g/mol. The van der Waals surface area contributed by atoms with E-state index in [0.29, 0.717) is 5.75 Å². The van der Waals surface area contributed by atoms with Crippen LogP contribution in [0.4, 0.5) is 5.69 Å². The summed E-state index contributed by atoms with van der Waals surface area (Å²) in [5, 5.41) is 4.90. The smallest absolute Gasteiger partial charge is 0.265 e. The summed E-state index contributed by atoms with van der Waals surface area (Å²) in [4.78, 5) is 13.2. The third-order valence-electron chi connectivity index (χ3n) is 5.51. The van der Waals surface area contributed by atoms with E-state index in [9.17, 15) is 4.79 Å². The Hall–Kier alpha value is -2.08. The van der Waals surface area contributed by atoms with E-state index >= 15 is 0 Å². The molecule has 0 saturated carbocycles. The van der Waals surface area contributed by atoms with Crippen LogP contribution in [-0.2, 0) is 16.0 Å². The van der Waals surface area contributed by atoms with Gasteiger partial charge in [0.05, 0.1) is 11.8 Å². The molecule has 0 spiro atoms. The van der Waals surface area contributed by atoms with Crippen molar-refractivity contribution in [2.45, 2.75) is 45.5 Å². The van der Waals surface area contributed by atoms with Crippen molar-refractivity contribution in [2.75, 3.05) is 5.32 Å². The van der Waals surface area contributed by atoms with Crippen LogP contribution in [0.3, 0.4) is 0 Å². The summed E-state index contributed by atoms with van der Waals surface area (Å²) >= 11 is 7.93. The molecule has 144 valence electrons.